The smallest absolute Gasteiger partial charge is 0.221 e. The van der Waals surface area contributed by atoms with E-state index in [9.17, 15) is 4.79 Å². The van der Waals surface area contributed by atoms with Gasteiger partial charge in [0.25, 0.3) is 0 Å². The summed E-state index contributed by atoms with van der Waals surface area (Å²) in [5.74, 6) is 2.68. The SMILES string of the molecule is Cc1ccc(OCC(C)NC(=O)CCSCc2ccccc2)cc1. The van der Waals surface area contributed by atoms with E-state index in [1.807, 2.05) is 56.3 Å². The minimum atomic E-state index is -0.00192. The zero-order valence-electron chi connectivity index (χ0n) is 14.3. The van der Waals surface area contributed by atoms with Gasteiger partial charge >= 0.3 is 0 Å². The van der Waals surface area contributed by atoms with Crippen molar-refractivity contribution in [2.24, 2.45) is 0 Å². The highest BCUT2D eigenvalue weighted by Crippen LogP contribution is 2.13. The molecule has 24 heavy (non-hydrogen) atoms. The molecule has 0 spiro atoms. The average molecular weight is 343 g/mol. The van der Waals surface area contributed by atoms with Crippen molar-refractivity contribution < 1.29 is 9.53 Å². The number of amides is 1. The van der Waals surface area contributed by atoms with Crippen LogP contribution in [0.1, 0.15) is 24.5 Å². The van der Waals surface area contributed by atoms with E-state index in [4.69, 9.17) is 4.74 Å². The summed E-state index contributed by atoms with van der Waals surface area (Å²) in [4.78, 5) is 11.9. The van der Waals surface area contributed by atoms with Gasteiger partial charge in [0.15, 0.2) is 0 Å². The van der Waals surface area contributed by atoms with Gasteiger partial charge in [-0.25, -0.2) is 0 Å². The van der Waals surface area contributed by atoms with Crippen molar-refractivity contribution in [3.05, 3.63) is 65.7 Å². The lowest BCUT2D eigenvalue weighted by Crippen LogP contribution is -2.36. The van der Waals surface area contributed by atoms with Crippen LogP contribution in [-0.2, 0) is 10.5 Å². The minimum absolute atomic E-state index is 0.00192. The number of carbonyl (C=O) groups excluding carboxylic acids is 1. The first kappa shape index (κ1) is 18.4. The number of hydrogen-bond acceptors (Lipinski definition) is 3. The van der Waals surface area contributed by atoms with Crippen LogP contribution in [0.3, 0.4) is 0 Å². The lowest BCUT2D eigenvalue weighted by atomic mass is 10.2. The van der Waals surface area contributed by atoms with E-state index >= 15 is 0 Å². The molecule has 0 saturated carbocycles. The predicted molar refractivity (Wildman–Crippen MR) is 101 cm³/mol. The molecule has 0 bridgehead atoms. The molecule has 1 atom stereocenters. The minimum Gasteiger partial charge on any atom is -0.491 e. The van der Waals surface area contributed by atoms with Crippen molar-refractivity contribution in [3.8, 4) is 5.75 Å². The zero-order valence-corrected chi connectivity index (χ0v) is 15.1. The van der Waals surface area contributed by atoms with Crippen LogP contribution in [0.25, 0.3) is 0 Å². The third kappa shape index (κ3) is 7.09. The summed E-state index contributed by atoms with van der Waals surface area (Å²) in [6, 6.07) is 18.2. The highest BCUT2D eigenvalue weighted by molar-refractivity contribution is 7.98. The van der Waals surface area contributed by atoms with Gasteiger partial charge in [0, 0.05) is 17.9 Å². The maximum Gasteiger partial charge on any atom is 0.221 e. The predicted octanol–water partition coefficient (Wildman–Crippen LogP) is 4.20. The third-order valence-corrected chi connectivity index (χ3v) is 4.54. The van der Waals surface area contributed by atoms with Crippen LogP contribution in [-0.4, -0.2) is 24.3 Å². The molecule has 1 unspecified atom stereocenters. The fraction of sp³-hybridized carbons (Fsp3) is 0.350. The summed E-state index contributed by atoms with van der Waals surface area (Å²) < 4.78 is 5.69. The normalized spacial score (nSPS) is 11.8. The average Bonchev–Trinajstić information content (AvgIpc) is 2.59. The Hall–Kier alpha value is -1.94. The van der Waals surface area contributed by atoms with E-state index in [-0.39, 0.29) is 11.9 Å². The standard InChI is InChI=1S/C20H25NO2S/c1-16-8-10-19(11-9-16)23-14-17(2)21-20(22)12-13-24-15-18-6-4-3-5-7-18/h3-11,17H,12-15H2,1-2H3,(H,21,22). The van der Waals surface area contributed by atoms with Crippen molar-refractivity contribution in [1.82, 2.24) is 5.32 Å². The summed E-state index contributed by atoms with van der Waals surface area (Å²) in [7, 11) is 0. The van der Waals surface area contributed by atoms with Gasteiger partial charge < -0.3 is 10.1 Å². The van der Waals surface area contributed by atoms with Crippen molar-refractivity contribution >= 4 is 17.7 Å². The molecule has 4 heteroatoms. The Morgan fingerprint density at radius 1 is 1.12 bits per heavy atom. The maximum absolute atomic E-state index is 11.9. The van der Waals surface area contributed by atoms with Gasteiger partial charge in [-0.05, 0) is 31.5 Å². The summed E-state index contributed by atoms with van der Waals surface area (Å²) in [6.45, 7) is 4.48. The van der Waals surface area contributed by atoms with Crippen LogP contribution in [0.2, 0.25) is 0 Å². The Balaban J connectivity index is 1.58. The Morgan fingerprint density at radius 2 is 1.83 bits per heavy atom. The number of nitrogens with one attached hydrogen (secondary N) is 1. The molecular weight excluding hydrogens is 318 g/mol. The number of carbonyl (C=O) groups is 1. The van der Waals surface area contributed by atoms with Crippen LogP contribution in [0.15, 0.2) is 54.6 Å². The van der Waals surface area contributed by atoms with E-state index < -0.39 is 0 Å². The highest BCUT2D eigenvalue weighted by Gasteiger charge is 2.08. The van der Waals surface area contributed by atoms with Crippen LogP contribution in [0.5, 0.6) is 5.75 Å². The second kappa shape index (κ2) is 10.0. The van der Waals surface area contributed by atoms with E-state index in [0.29, 0.717) is 13.0 Å². The number of thioether (sulfide) groups is 1. The fourth-order valence-electron chi connectivity index (χ4n) is 2.17. The molecule has 0 aromatic heterocycles. The summed E-state index contributed by atoms with van der Waals surface area (Å²) in [6.07, 6.45) is 0.534. The lowest BCUT2D eigenvalue weighted by Gasteiger charge is -2.15. The molecule has 3 nitrogen and oxygen atoms in total. The number of benzene rings is 2. The summed E-state index contributed by atoms with van der Waals surface area (Å²) in [5, 5.41) is 2.98. The van der Waals surface area contributed by atoms with Crippen molar-refractivity contribution in [1.29, 1.82) is 0 Å². The van der Waals surface area contributed by atoms with Crippen LogP contribution in [0.4, 0.5) is 0 Å². The van der Waals surface area contributed by atoms with Crippen molar-refractivity contribution in [2.75, 3.05) is 12.4 Å². The molecule has 0 heterocycles. The maximum atomic E-state index is 11.9. The first-order valence-electron chi connectivity index (χ1n) is 8.24. The first-order chi connectivity index (χ1) is 11.6. The van der Waals surface area contributed by atoms with Gasteiger partial charge in [-0.3, -0.25) is 4.79 Å². The molecule has 2 aromatic rings. The van der Waals surface area contributed by atoms with E-state index in [1.165, 1.54) is 11.1 Å². The number of aryl methyl sites for hydroxylation is 1. The largest absolute Gasteiger partial charge is 0.491 e. The molecule has 0 aliphatic rings. The van der Waals surface area contributed by atoms with Crippen molar-refractivity contribution in [2.45, 2.75) is 32.1 Å². The monoisotopic (exact) mass is 343 g/mol. The van der Waals surface area contributed by atoms with E-state index in [2.05, 4.69) is 17.4 Å². The molecule has 0 aliphatic carbocycles. The molecule has 2 rings (SSSR count). The zero-order chi connectivity index (χ0) is 17.2. The topological polar surface area (TPSA) is 38.3 Å². The van der Waals surface area contributed by atoms with Gasteiger partial charge in [0.2, 0.25) is 5.91 Å². The Morgan fingerprint density at radius 3 is 2.54 bits per heavy atom. The molecule has 0 saturated heterocycles. The van der Waals surface area contributed by atoms with Crippen LogP contribution >= 0.6 is 11.8 Å². The molecule has 128 valence electrons. The van der Waals surface area contributed by atoms with Gasteiger partial charge in [0.1, 0.15) is 12.4 Å². The first-order valence-corrected chi connectivity index (χ1v) is 9.39. The Kier molecular flexibility index (Phi) is 7.69. The molecule has 0 radical (unpaired) electrons. The molecule has 0 aliphatic heterocycles. The lowest BCUT2D eigenvalue weighted by molar-refractivity contribution is -0.121. The second-order valence-corrected chi connectivity index (χ2v) is 6.99. The highest BCUT2D eigenvalue weighted by atomic mass is 32.2. The summed E-state index contributed by atoms with van der Waals surface area (Å²) >= 11 is 1.78. The van der Waals surface area contributed by atoms with Crippen LogP contribution < -0.4 is 10.1 Å². The number of rotatable bonds is 9. The van der Waals surface area contributed by atoms with E-state index in [1.54, 1.807) is 11.8 Å². The molecule has 0 fully saturated rings. The molecule has 1 N–H and O–H groups in total. The van der Waals surface area contributed by atoms with E-state index in [0.717, 1.165) is 17.3 Å². The Labute approximate surface area is 148 Å². The number of ether oxygens (including phenoxy) is 1. The molecular formula is C20H25NO2S. The van der Waals surface area contributed by atoms with Crippen molar-refractivity contribution in [3.63, 3.8) is 0 Å². The second-order valence-electron chi connectivity index (χ2n) is 5.88. The quantitative estimate of drug-likeness (QED) is 0.694. The summed E-state index contributed by atoms with van der Waals surface area (Å²) in [5.41, 5.74) is 2.50. The van der Waals surface area contributed by atoms with Gasteiger partial charge in [-0.1, -0.05) is 48.0 Å². The van der Waals surface area contributed by atoms with Crippen LogP contribution in [0, 0.1) is 6.92 Å². The van der Waals surface area contributed by atoms with Gasteiger partial charge in [-0.15, -0.1) is 0 Å². The molecule has 1 amide bonds. The Bertz CT molecular complexity index is 613. The number of hydrogen-bond donors (Lipinski definition) is 1. The van der Waals surface area contributed by atoms with Gasteiger partial charge in [0.05, 0.1) is 6.04 Å². The molecule has 2 aromatic carbocycles. The third-order valence-electron chi connectivity index (χ3n) is 3.51. The van der Waals surface area contributed by atoms with Gasteiger partial charge in [-0.2, -0.15) is 11.8 Å². The fourth-order valence-corrected chi connectivity index (χ4v) is 3.08.